The van der Waals surface area contributed by atoms with Crippen molar-refractivity contribution >= 4 is 17.4 Å². The number of likely N-dealkylation sites (N-methyl/N-ethyl adjacent to an activating group) is 1. The van der Waals surface area contributed by atoms with Crippen molar-refractivity contribution in [2.75, 3.05) is 39.9 Å². The molecule has 1 heterocycles. The van der Waals surface area contributed by atoms with E-state index in [0.29, 0.717) is 5.75 Å². The van der Waals surface area contributed by atoms with Crippen molar-refractivity contribution in [3.8, 4) is 17.2 Å². The number of anilines is 1. The Morgan fingerprint density at radius 1 is 0.968 bits per heavy atom. The van der Waals surface area contributed by atoms with E-state index < -0.39 is 5.97 Å². The van der Waals surface area contributed by atoms with Crippen molar-refractivity contribution in [2.45, 2.75) is 19.3 Å². The maximum Gasteiger partial charge on any atom is 0.342 e. The van der Waals surface area contributed by atoms with Crippen LogP contribution in [0, 0.1) is 0 Å². The third kappa shape index (κ3) is 3.95. The Morgan fingerprint density at radius 2 is 1.65 bits per heavy atom. The fourth-order valence-electron chi connectivity index (χ4n) is 3.93. The molecule has 0 unspecified atom stereocenters. The quantitative estimate of drug-likeness (QED) is 0.494. The number of nitrogens with zero attached hydrogens (tertiary/aromatic N) is 1. The van der Waals surface area contributed by atoms with Gasteiger partial charge in [-0.3, -0.25) is 4.79 Å². The van der Waals surface area contributed by atoms with Crippen LogP contribution in [0.1, 0.15) is 29.8 Å². The number of ketones is 1. The summed E-state index contributed by atoms with van der Waals surface area (Å²) in [5, 5.41) is 0. The molecule has 7 nitrogen and oxygen atoms in total. The van der Waals surface area contributed by atoms with Gasteiger partial charge in [0.15, 0.2) is 23.9 Å². The van der Waals surface area contributed by atoms with Crippen LogP contribution in [-0.4, -0.2) is 46.7 Å². The molecule has 0 N–H and O–H groups in total. The van der Waals surface area contributed by atoms with Crippen molar-refractivity contribution in [1.82, 2.24) is 0 Å². The van der Waals surface area contributed by atoms with Gasteiger partial charge in [-0.1, -0.05) is 32.0 Å². The number of ether oxygens (including phenoxy) is 4. The van der Waals surface area contributed by atoms with Gasteiger partial charge in [0.2, 0.25) is 5.75 Å². The molecule has 0 aliphatic carbocycles. The highest BCUT2D eigenvalue weighted by molar-refractivity contribution is 5.98. The molecular weight excluding hydrogens is 398 g/mol. The Labute approximate surface area is 182 Å². The number of methoxy groups -OCH3 is 3. The highest BCUT2D eigenvalue weighted by Gasteiger charge is 2.38. The summed E-state index contributed by atoms with van der Waals surface area (Å²) in [4.78, 5) is 27.3. The number of hydrogen-bond donors (Lipinski definition) is 0. The summed E-state index contributed by atoms with van der Waals surface area (Å²) in [7, 11) is 6.27. The van der Waals surface area contributed by atoms with E-state index in [-0.39, 0.29) is 34.9 Å². The van der Waals surface area contributed by atoms with Crippen LogP contribution >= 0.6 is 0 Å². The average Bonchev–Trinajstić information content (AvgIpc) is 2.97. The number of carbonyl (C=O) groups excluding carboxylic acids is 2. The molecular formula is C24H27NO6. The second kappa shape index (κ2) is 8.71. The monoisotopic (exact) mass is 425 g/mol. The summed E-state index contributed by atoms with van der Waals surface area (Å²) in [5.74, 6) is -0.116. The van der Waals surface area contributed by atoms with Crippen LogP contribution in [0.15, 0.2) is 48.2 Å². The van der Waals surface area contributed by atoms with Gasteiger partial charge in [-0.2, -0.15) is 0 Å². The largest absolute Gasteiger partial charge is 0.493 e. The molecule has 164 valence electrons. The SMILES string of the molecule is COc1ccc(C(=O)OCC(=O)C=C2N(C)c3ccccc3C2(C)C)c(OC)c1OC. The molecule has 0 atom stereocenters. The first-order chi connectivity index (χ1) is 14.8. The van der Waals surface area contributed by atoms with Crippen LogP contribution in [0.3, 0.4) is 0 Å². The number of esters is 1. The maximum atomic E-state index is 12.6. The molecule has 1 aliphatic heterocycles. The first-order valence-corrected chi connectivity index (χ1v) is 9.80. The van der Waals surface area contributed by atoms with Crippen LogP contribution in [-0.2, 0) is 14.9 Å². The summed E-state index contributed by atoms with van der Waals surface area (Å²) < 4.78 is 21.1. The van der Waals surface area contributed by atoms with Gasteiger partial charge in [0.05, 0.1) is 21.3 Å². The zero-order valence-corrected chi connectivity index (χ0v) is 18.6. The van der Waals surface area contributed by atoms with Crippen molar-refractivity contribution < 1.29 is 28.5 Å². The van der Waals surface area contributed by atoms with Gasteiger partial charge in [0.1, 0.15) is 5.56 Å². The van der Waals surface area contributed by atoms with Gasteiger partial charge in [0, 0.05) is 29.9 Å². The lowest BCUT2D eigenvalue weighted by Gasteiger charge is -2.23. The summed E-state index contributed by atoms with van der Waals surface area (Å²) in [6.07, 6.45) is 1.54. The zero-order valence-electron chi connectivity index (χ0n) is 18.6. The summed E-state index contributed by atoms with van der Waals surface area (Å²) in [6.45, 7) is 3.74. The molecule has 0 spiro atoms. The van der Waals surface area contributed by atoms with E-state index in [1.165, 1.54) is 27.4 Å². The maximum absolute atomic E-state index is 12.6. The van der Waals surface area contributed by atoms with Gasteiger partial charge in [0.25, 0.3) is 0 Å². The molecule has 1 aliphatic rings. The van der Waals surface area contributed by atoms with Crippen LogP contribution in [0.4, 0.5) is 5.69 Å². The molecule has 31 heavy (non-hydrogen) atoms. The predicted octanol–water partition coefficient (Wildman–Crippen LogP) is 3.75. The number of fused-ring (bicyclic) bond motifs is 1. The summed E-state index contributed by atoms with van der Waals surface area (Å²) >= 11 is 0. The van der Waals surface area contributed by atoms with E-state index in [4.69, 9.17) is 18.9 Å². The van der Waals surface area contributed by atoms with Crippen LogP contribution in [0.5, 0.6) is 17.2 Å². The first kappa shape index (κ1) is 22.2. The molecule has 7 heteroatoms. The van der Waals surface area contributed by atoms with Gasteiger partial charge in [-0.15, -0.1) is 0 Å². The highest BCUT2D eigenvalue weighted by Crippen LogP contribution is 2.46. The van der Waals surface area contributed by atoms with Crippen molar-refractivity contribution in [3.05, 3.63) is 59.3 Å². The Hall–Kier alpha value is -3.48. The van der Waals surface area contributed by atoms with Crippen molar-refractivity contribution in [3.63, 3.8) is 0 Å². The van der Waals surface area contributed by atoms with Gasteiger partial charge in [-0.05, 0) is 23.8 Å². The summed E-state index contributed by atoms with van der Waals surface area (Å²) in [6, 6.07) is 11.1. The molecule has 0 amide bonds. The third-order valence-corrected chi connectivity index (χ3v) is 5.51. The molecule has 0 aromatic heterocycles. The number of rotatable bonds is 7. The molecule has 0 fully saturated rings. The number of allylic oxidation sites excluding steroid dienone is 1. The molecule has 3 rings (SSSR count). The molecule has 0 saturated heterocycles. The zero-order chi connectivity index (χ0) is 22.8. The molecule has 0 radical (unpaired) electrons. The second-order valence-corrected chi connectivity index (χ2v) is 7.66. The van der Waals surface area contributed by atoms with Crippen molar-refractivity contribution in [2.24, 2.45) is 0 Å². The summed E-state index contributed by atoms with van der Waals surface area (Å²) in [5.41, 5.74) is 2.85. The molecule has 0 bridgehead atoms. The second-order valence-electron chi connectivity index (χ2n) is 7.66. The van der Waals surface area contributed by atoms with Crippen LogP contribution in [0.2, 0.25) is 0 Å². The Kier molecular flexibility index (Phi) is 6.24. The predicted molar refractivity (Wildman–Crippen MR) is 117 cm³/mol. The van der Waals surface area contributed by atoms with E-state index in [9.17, 15) is 9.59 Å². The molecule has 2 aromatic carbocycles. The van der Waals surface area contributed by atoms with E-state index in [2.05, 4.69) is 19.9 Å². The van der Waals surface area contributed by atoms with Gasteiger partial charge >= 0.3 is 5.97 Å². The Morgan fingerprint density at radius 3 is 2.26 bits per heavy atom. The smallest absolute Gasteiger partial charge is 0.342 e. The number of hydrogen-bond acceptors (Lipinski definition) is 7. The van der Waals surface area contributed by atoms with Gasteiger partial charge in [-0.25, -0.2) is 4.79 Å². The first-order valence-electron chi connectivity index (χ1n) is 9.80. The lowest BCUT2D eigenvalue weighted by atomic mass is 9.83. The highest BCUT2D eigenvalue weighted by atomic mass is 16.5. The minimum absolute atomic E-state index is 0.145. The lowest BCUT2D eigenvalue weighted by molar-refractivity contribution is -0.117. The van der Waals surface area contributed by atoms with E-state index >= 15 is 0 Å². The minimum Gasteiger partial charge on any atom is -0.493 e. The standard InChI is InChI=1S/C24H27NO6/c1-24(2)17-9-7-8-10-18(17)25(3)20(24)13-15(26)14-31-23(27)16-11-12-19(28-4)22(30-6)21(16)29-5/h7-13H,14H2,1-6H3. The lowest BCUT2D eigenvalue weighted by Crippen LogP contribution is -2.25. The number of benzene rings is 2. The van der Waals surface area contributed by atoms with Crippen LogP contribution < -0.4 is 19.1 Å². The van der Waals surface area contributed by atoms with E-state index in [1.54, 1.807) is 12.1 Å². The number of carbonyl (C=O) groups is 2. The normalized spacial score (nSPS) is 15.4. The molecule has 0 saturated carbocycles. The van der Waals surface area contributed by atoms with E-state index in [0.717, 1.165) is 16.9 Å². The van der Waals surface area contributed by atoms with Crippen molar-refractivity contribution in [1.29, 1.82) is 0 Å². The minimum atomic E-state index is -0.688. The Bertz CT molecular complexity index is 1040. The fourth-order valence-corrected chi connectivity index (χ4v) is 3.93. The third-order valence-electron chi connectivity index (χ3n) is 5.51. The Balaban J connectivity index is 1.77. The van der Waals surface area contributed by atoms with Crippen LogP contribution in [0.25, 0.3) is 0 Å². The molecule has 2 aromatic rings. The van der Waals surface area contributed by atoms with Gasteiger partial charge < -0.3 is 23.8 Å². The topological polar surface area (TPSA) is 74.3 Å². The fraction of sp³-hybridized carbons (Fsp3) is 0.333. The number of para-hydroxylation sites is 1. The van der Waals surface area contributed by atoms with E-state index in [1.807, 2.05) is 30.1 Å². The average molecular weight is 425 g/mol.